The van der Waals surface area contributed by atoms with Crippen LogP contribution >= 0.6 is 0 Å². The number of hydrogen-bond acceptors (Lipinski definition) is 1. The van der Waals surface area contributed by atoms with Crippen molar-refractivity contribution in [1.29, 1.82) is 0 Å². The van der Waals surface area contributed by atoms with E-state index in [0.717, 1.165) is 18.4 Å². The predicted octanol–water partition coefficient (Wildman–Crippen LogP) is 2.06. The van der Waals surface area contributed by atoms with E-state index in [1.54, 1.807) is 6.92 Å². The second kappa shape index (κ2) is 2.36. The van der Waals surface area contributed by atoms with Crippen LogP contribution in [0, 0.1) is 11.3 Å². The molecule has 0 amide bonds. The predicted molar refractivity (Wildman–Crippen MR) is 43.3 cm³/mol. The first-order chi connectivity index (χ1) is 4.98. The van der Waals surface area contributed by atoms with Crippen LogP contribution in [0.3, 0.4) is 0 Å². The highest BCUT2D eigenvalue weighted by molar-refractivity contribution is 5.76. The Balaban J connectivity index is 2.75. The number of carbonyl (C=O) groups is 1. The van der Waals surface area contributed by atoms with E-state index in [9.17, 15) is 4.79 Å². The van der Waals surface area contributed by atoms with E-state index in [4.69, 9.17) is 5.11 Å². The van der Waals surface area contributed by atoms with Gasteiger partial charge >= 0.3 is 5.97 Å². The molecule has 1 aliphatic carbocycles. The van der Waals surface area contributed by atoms with E-state index in [0.29, 0.717) is 0 Å². The highest BCUT2D eigenvalue weighted by atomic mass is 16.4. The van der Waals surface area contributed by atoms with E-state index in [1.165, 1.54) is 0 Å². The quantitative estimate of drug-likeness (QED) is 0.618. The van der Waals surface area contributed by atoms with Gasteiger partial charge < -0.3 is 5.11 Å². The van der Waals surface area contributed by atoms with Gasteiger partial charge in [0.25, 0.3) is 0 Å². The van der Waals surface area contributed by atoms with Gasteiger partial charge in [0, 0.05) is 0 Å². The summed E-state index contributed by atoms with van der Waals surface area (Å²) in [6.07, 6.45) is 1.78. The Morgan fingerprint density at radius 3 is 2.36 bits per heavy atom. The lowest BCUT2D eigenvalue weighted by atomic mass is 9.59. The summed E-state index contributed by atoms with van der Waals surface area (Å²) in [4.78, 5) is 10.8. The molecule has 62 valence electrons. The number of allylic oxidation sites excluding steroid dienone is 1. The first-order valence-corrected chi connectivity index (χ1v) is 3.87. The summed E-state index contributed by atoms with van der Waals surface area (Å²) in [5.74, 6) is -0.489. The third-order valence-electron chi connectivity index (χ3n) is 2.80. The molecule has 0 radical (unpaired) electrons. The van der Waals surface area contributed by atoms with Crippen molar-refractivity contribution in [3.05, 3.63) is 12.2 Å². The molecule has 1 saturated carbocycles. The van der Waals surface area contributed by atoms with Crippen LogP contribution in [0.5, 0.6) is 0 Å². The van der Waals surface area contributed by atoms with Crippen LogP contribution in [0.1, 0.15) is 26.7 Å². The zero-order chi connectivity index (χ0) is 8.65. The van der Waals surface area contributed by atoms with Crippen LogP contribution in [0.4, 0.5) is 0 Å². The van der Waals surface area contributed by atoms with Crippen molar-refractivity contribution in [2.24, 2.45) is 11.3 Å². The van der Waals surface area contributed by atoms with Gasteiger partial charge in [0.15, 0.2) is 0 Å². The molecule has 0 unspecified atom stereocenters. The smallest absolute Gasteiger partial charge is 0.309 e. The first-order valence-electron chi connectivity index (χ1n) is 3.87. The third kappa shape index (κ3) is 1.06. The zero-order valence-corrected chi connectivity index (χ0v) is 7.05. The maximum absolute atomic E-state index is 10.8. The molecule has 1 fully saturated rings. The fraction of sp³-hybridized carbons (Fsp3) is 0.667. The minimum atomic E-state index is -0.684. The van der Waals surface area contributed by atoms with Gasteiger partial charge in [-0.25, -0.2) is 0 Å². The molecule has 0 bridgehead atoms. The van der Waals surface area contributed by atoms with Crippen molar-refractivity contribution in [1.82, 2.24) is 0 Å². The summed E-state index contributed by atoms with van der Waals surface area (Å²) in [6.45, 7) is 7.50. The molecule has 0 saturated heterocycles. The summed E-state index contributed by atoms with van der Waals surface area (Å²) in [6, 6.07) is 0. The van der Waals surface area contributed by atoms with Gasteiger partial charge in [-0.2, -0.15) is 0 Å². The van der Waals surface area contributed by atoms with Crippen LogP contribution in [0.25, 0.3) is 0 Å². The van der Waals surface area contributed by atoms with Crippen molar-refractivity contribution < 1.29 is 9.90 Å². The topological polar surface area (TPSA) is 37.3 Å². The Labute approximate surface area is 66.9 Å². The number of carboxylic acids is 1. The maximum atomic E-state index is 10.8. The SMILES string of the molecule is C=C(C)[C@@H]1CC[C@]1(C)C(=O)O. The van der Waals surface area contributed by atoms with Crippen molar-refractivity contribution >= 4 is 5.97 Å². The van der Waals surface area contributed by atoms with E-state index < -0.39 is 11.4 Å². The van der Waals surface area contributed by atoms with Gasteiger partial charge in [0.05, 0.1) is 5.41 Å². The van der Waals surface area contributed by atoms with Crippen LogP contribution in [-0.2, 0) is 4.79 Å². The summed E-state index contributed by atoms with van der Waals surface area (Å²) >= 11 is 0. The molecule has 2 atom stereocenters. The highest BCUT2D eigenvalue weighted by Gasteiger charge is 2.48. The molecular formula is C9H14O2. The molecular weight excluding hydrogens is 140 g/mol. The highest BCUT2D eigenvalue weighted by Crippen LogP contribution is 2.49. The molecule has 2 nitrogen and oxygen atoms in total. The first kappa shape index (κ1) is 8.31. The average Bonchev–Trinajstić information content (AvgIpc) is 1.82. The van der Waals surface area contributed by atoms with Crippen molar-refractivity contribution in [3.63, 3.8) is 0 Å². The van der Waals surface area contributed by atoms with E-state index in [-0.39, 0.29) is 5.92 Å². The van der Waals surface area contributed by atoms with Crippen molar-refractivity contribution in [2.75, 3.05) is 0 Å². The molecule has 0 aliphatic heterocycles. The second-order valence-electron chi connectivity index (χ2n) is 3.66. The summed E-state index contributed by atoms with van der Waals surface area (Å²) < 4.78 is 0. The molecule has 1 N–H and O–H groups in total. The van der Waals surface area contributed by atoms with Gasteiger partial charge in [0.1, 0.15) is 0 Å². The summed E-state index contributed by atoms with van der Waals surface area (Å²) in [7, 11) is 0. The number of hydrogen-bond donors (Lipinski definition) is 1. The zero-order valence-electron chi connectivity index (χ0n) is 7.05. The largest absolute Gasteiger partial charge is 0.481 e. The number of rotatable bonds is 2. The Kier molecular flexibility index (Phi) is 1.78. The summed E-state index contributed by atoms with van der Waals surface area (Å²) in [5.41, 5.74) is 0.479. The van der Waals surface area contributed by atoms with Gasteiger partial charge in [-0.05, 0) is 32.6 Å². The molecule has 1 rings (SSSR count). The molecule has 2 heteroatoms. The van der Waals surface area contributed by atoms with E-state index in [2.05, 4.69) is 6.58 Å². The molecule has 0 spiro atoms. The van der Waals surface area contributed by atoms with Crippen LogP contribution < -0.4 is 0 Å². The molecule has 0 aromatic rings. The maximum Gasteiger partial charge on any atom is 0.309 e. The fourth-order valence-corrected chi connectivity index (χ4v) is 1.77. The van der Waals surface area contributed by atoms with Gasteiger partial charge in [-0.15, -0.1) is 0 Å². The molecule has 0 heterocycles. The Hall–Kier alpha value is -0.790. The number of carboxylic acid groups (broad SMARTS) is 1. The van der Waals surface area contributed by atoms with Crippen molar-refractivity contribution in [3.8, 4) is 0 Å². The average molecular weight is 154 g/mol. The third-order valence-corrected chi connectivity index (χ3v) is 2.80. The second-order valence-corrected chi connectivity index (χ2v) is 3.66. The van der Waals surface area contributed by atoms with E-state index in [1.807, 2.05) is 6.92 Å². The molecule has 0 aromatic heterocycles. The van der Waals surface area contributed by atoms with Crippen molar-refractivity contribution in [2.45, 2.75) is 26.7 Å². The monoisotopic (exact) mass is 154 g/mol. The molecule has 11 heavy (non-hydrogen) atoms. The number of aliphatic carboxylic acids is 1. The van der Waals surface area contributed by atoms with Crippen LogP contribution in [0.15, 0.2) is 12.2 Å². The lowest BCUT2D eigenvalue weighted by Gasteiger charge is -2.44. The van der Waals surface area contributed by atoms with E-state index >= 15 is 0 Å². The van der Waals surface area contributed by atoms with Gasteiger partial charge in [0.2, 0.25) is 0 Å². The normalized spacial score (nSPS) is 36.0. The summed E-state index contributed by atoms with van der Waals surface area (Å²) in [5, 5.41) is 8.87. The fourth-order valence-electron chi connectivity index (χ4n) is 1.77. The molecule has 1 aliphatic rings. The Morgan fingerprint density at radius 1 is 1.73 bits per heavy atom. The lowest BCUT2D eigenvalue weighted by molar-refractivity contribution is -0.157. The minimum absolute atomic E-state index is 0.194. The minimum Gasteiger partial charge on any atom is -0.481 e. The Bertz CT molecular complexity index is 208. The van der Waals surface area contributed by atoms with Crippen LogP contribution in [0.2, 0.25) is 0 Å². The van der Waals surface area contributed by atoms with Crippen LogP contribution in [-0.4, -0.2) is 11.1 Å². The van der Waals surface area contributed by atoms with Gasteiger partial charge in [-0.3, -0.25) is 4.79 Å². The lowest BCUT2D eigenvalue weighted by Crippen LogP contribution is -2.44. The Morgan fingerprint density at radius 2 is 2.27 bits per heavy atom. The molecule has 0 aromatic carbocycles. The standard InChI is InChI=1S/C9H14O2/c1-6(2)7-4-5-9(7,3)8(10)11/h7H,1,4-5H2,2-3H3,(H,10,11)/t7-,9-/m0/s1. The van der Waals surface area contributed by atoms with Gasteiger partial charge in [-0.1, -0.05) is 12.2 Å².